The molecule has 1 aromatic heterocycles. The number of nitrogens with zero attached hydrogens (tertiary/aromatic N) is 3. The highest BCUT2D eigenvalue weighted by Crippen LogP contribution is 2.12. The average molecular weight is 235 g/mol. The fourth-order valence-corrected chi connectivity index (χ4v) is 1.96. The minimum Gasteiger partial charge on any atom is -0.384 e. The number of aliphatic hydroxyl groups excluding tert-OH is 1. The van der Waals surface area contributed by atoms with E-state index in [0.717, 1.165) is 18.9 Å². The van der Waals surface area contributed by atoms with Crippen molar-refractivity contribution in [2.24, 2.45) is 0 Å². The molecular formula is C12H17N3O2. The lowest BCUT2D eigenvalue weighted by Gasteiger charge is -2.35. The van der Waals surface area contributed by atoms with E-state index in [4.69, 9.17) is 0 Å². The third kappa shape index (κ3) is 2.74. The van der Waals surface area contributed by atoms with Crippen molar-refractivity contribution in [2.75, 3.05) is 31.1 Å². The second-order valence-corrected chi connectivity index (χ2v) is 4.18. The third-order valence-electron chi connectivity index (χ3n) is 2.92. The predicted octanol–water partition coefficient (Wildman–Crippen LogP) is 0.111. The van der Waals surface area contributed by atoms with Crippen molar-refractivity contribution in [1.82, 2.24) is 9.88 Å². The summed E-state index contributed by atoms with van der Waals surface area (Å²) < 4.78 is 0. The normalized spacial score (nSPS) is 18.0. The van der Waals surface area contributed by atoms with Crippen molar-refractivity contribution in [2.45, 2.75) is 13.0 Å². The standard InChI is InChI=1S/C12H17N3O2/c1-10(16)12(17)15-8-6-14(7-9-15)11-4-2-3-5-13-11/h2-5,10,16H,6-9H2,1H3. The summed E-state index contributed by atoms with van der Waals surface area (Å²) in [5.41, 5.74) is 0. The smallest absolute Gasteiger partial charge is 0.251 e. The van der Waals surface area contributed by atoms with Crippen LogP contribution in [0.5, 0.6) is 0 Å². The molecule has 1 saturated heterocycles. The Labute approximate surface area is 101 Å². The molecule has 1 fully saturated rings. The zero-order valence-electron chi connectivity index (χ0n) is 9.91. The van der Waals surface area contributed by atoms with Gasteiger partial charge in [-0.25, -0.2) is 4.98 Å². The Hall–Kier alpha value is -1.62. The number of pyridine rings is 1. The molecule has 92 valence electrons. The summed E-state index contributed by atoms with van der Waals surface area (Å²) in [6, 6.07) is 5.80. The molecule has 17 heavy (non-hydrogen) atoms. The van der Waals surface area contributed by atoms with E-state index in [9.17, 15) is 9.90 Å². The highest BCUT2D eigenvalue weighted by Gasteiger charge is 2.23. The zero-order valence-corrected chi connectivity index (χ0v) is 9.91. The largest absolute Gasteiger partial charge is 0.384 e. The second-order valence-electron chi connectivity index (χ2n) is 4.18. The van der Waals surface area contributed by atoms with E-state index in [0.29, 0.717) is 13.1 Å². The molecule has 1 unspecified atom stereocenters. The van der Waals surface area contributed by atoms with Gasteiger partial charge >= 0.3 is 0 Å². The van der Waals surface area contributed by atoms with Gasteiger partial charge in [-0.3, -0.25) is 4.79 Å². The molecule has 1 atom stereocenters. The number of carbonyl (C=O) groups is 1. The molecule has 2 heterocycles. The molecule has 2 rings (SSSR count). The lowest BCUT2D eigenvalue weighted by molar-refractivity contribution is -0.139. The first-order valence-electron chi connectivity index (χ1n) is 5.81. The van der Waals surface area contributed by atoms with Gasteiger partial charge < -0.3 is 14.9 Å². The maximum absolute atomic E-state index is 11.6. The summed E-state index contributed by atoms with van der Waals surface area (Å²) in [7, 11) is 0. The molecule has 1 aromatic rings. The number of hydrogen-bond acceptors (Lipinski definition) is 4. The van der Waals surface area contributed by atoms with E-state index in [1.54, 1.807) is 11.1 Å². The van der Waals surface area contributed by atoms with E-state index in [1.807, 2.05) is 18.2 Å². The first kappa shape index (κ1) is 11.9. The van der Waals surface area contributed by atoms with E-state index in [2.05, 4.69) is 9.88 Å². The van der Waals surface area contributed by atoms with Gasteiger partial charge in [0.05, 0.1) is 0 Å². The highest BCUT2D eigenvalue weighted by atomic mass is 16.3. The highest BCUT2D eigenvalue weighted by molar-refractivity contribution is 5.80. The van der Waals surface area contributed by atoms with Crippen molar-refractivity contribution in [1.29, 1.82) is 0 Å². The van der Waals surface area contributed by atoms with Crippen LogP contribution in [0.4, 0.5) is 5.82 Å². The topological polar surface area (TPSA) is 56.7 Å². The summed E-state index contributed by atoms with van der Waals surface area (Å²) in [6.45, 7) is 4.30. The van der Waals surface area contributed by atoms with Crippen molar-refractivity contribution < 1.29 is 9.90 Å². The molecule has 1 amide bonds. The predicted molar refractivity (Wildman–Crippen MR) is 64.7 cm³/mol. The molecule has 1 aliphatic heterocycles. The summed E-state index contributed by atoms with van der Waals surface area (Å²) in [4.78, 5) is 19.7. The van der Waals surface area contributed by atoms with Gasteiger partial charge in [-0.15, -0.1) is 0 Å². The molecule has 5 nitrogen and oxygen atoms in total. The van der Waals surface area contributed by atoms with Gasteiger partial charge in [0.15, 0.2) is 0 Å². The van der Waals surface area contributed by atoms with Crippen LogP contribution in [0.3, 0.4) is 0 Å². The maximum Gasteiger partial charge on any atom is 0.251 e. The number of piperazine rings is 1. The van der Waals surface area contributed by atoms with Crippen LogP contribution in [0.25, 0.3) is 0 Å². The number of rotatable bonds is 2. The minimum absolute atomic E-state index is 0.189. The first-order valence-corrected chi connectivity index (χ1v) is 5.81. The Morgan fingerprint density at radius 3 is 2.59 bits per heavy atom. The molecule has 0 spiro atoms. The van der Waals surface area contributed by atoms with Crippen LogP contribution in [-0.4, -0.2) is 53.2 Å². The fourth-order valence-electron chi connectivity index (χ4n) is 1.96. The van der Waals surface area contributed by atoms with Crippen molar-refractivity contribution in [3.05, 3.63) is 24.4 Å². The lowest BCUT2D eigenvalue weighted by atomic mass is 10.2. The van der Waals surface area contributed by atoms with Crippen LogP contribution < -0.4 is 4.90 Å². The fraction of sp³-hybridized carbons (Fsp3) is 0.500. The van der Waals surface area contributed by atoms with Crippen LogP contribution >= 0.6 is 0 Å². The van der Waals surface area contributed by atoms with Gasteiger partial charge in [0.1, 0.15) is 11.9 Å². The van der Waals surface area contributed by atoms with Gasteiger partial charge in [0.25, 0.3) is 5.91 Å². The van der Waals surface area contributed by atoms with Crippen molar-refractivity contribution >= 4 is 11.7 Å². The average Bonchev–Trinajstić information content (AvgIpc) is 2.39. The number of anilines is 1. The Balaban J connectivity index is 1.93. The van der Waals surface area contributed by atoms with Gasteiger partial charge in [0, 0.05) is 32.4 Å². The third-order valence-corrected chi connectivity index (χ3v) is 2.92. The van der Waals surface area contributed by atoms with E-state index < -0.39 is 6.10 Å². The van der Waals surface area contributed by atoms with Crippen LogP contribution in [0.1, 0.15) is 6.92 Å². The number of amides is 1. The lowest BCUT2D eigenvalue weighted by Crippen LogP contribution is -2.51. The van der Waals surface area contributed by atoms with E-state index >= 15 is 0 Å². The van der Waals surface area contributed by atoms with Crippen LogP contribution in [0.15, 0.2) is 24.4 Å². The SMILES string of the molecule is CC(O)C(=O)N1CCN(c2ccccn2)CC1. The Morgan fingerprint density at radius 2 is 2.06 bits per heavy atom. The molecule has 1 N–H and O–H groups in total. The Kier molecular flexibility index (Phi) is 3.58. The summed E-state index contributed by atoms with van der Waals surface area (Å²) >= 11 is 0. The van der Waals surface area contributed by atoms with Crippen LogP contribution in [0.2, 0.25) is 0 Å². The molecular weight excluding hydrogens is 218 g/mol. The van der Waals surface area contributed by atoms with Gasteiger partial charge in [-0.1, -0.05) is 6.07 Å². The summed E-state index contributed by atoms with van der Waals surface area (Å²) in [5, 5.41) is 9.24. The molecule has 0 saturated carbocycles. The number of aromatic nitrogens is 1. The van der Waals surface area contributed by atoms with Crippen LogP contribution in [0, 0.1) is 0 Å². The van der Waals surface area contributed by atoms with E-state index in [-0.39, 0.29) is 5.91 Å². The van der Waals surface area contributed by atoms with Crippen LogP contribution in [-0.2, 0) is 4.79 Å². The monoisotopic (exact) mass is 235 g/mol. The molecule has 1 aliphatic rings. The molecule has 0 bridgehead atoms. The zero-order chi connectivity index (χ0) is 12.3. The molecule has 5 heteroatoms. The van der Waals surface area contributed by atoms with Gasteiger partial charge in [0.2, 0.25) is 0 Å². The minimum atomic E-state index is -0.906. The van der Waals surface area contributed by atoms with Gasteiger partial charge in [-0.05, 0) is 19.1 Å². The quantitative estimate of drug-likeness (QED) is 0.790. The number of hydrogen-bond donors (Lipinski definition) is 1. The number of aliphatic hydroxyl groups is 1. The summed E-state index contributed by atoms with van der Waals surface area (Å²) in [5.74, 6) is 0.752. The van der Waals surface area contributed by atoms with Gasteiger partial charge in [-0.2, -0.15) is 0 Å². The van der Waals surface area contributed by atoms with Crippen molar-refractivity contribution in [3.8, 4) is 0 Å². The number of carbonyl (C=O) groups excluding carboxylic acids is 1. The molecule has 0 aromatic carbocycles. The Morgan fingerprint density at radius 1 is 1.35 bits per heavy atom. The molecule has 0 aliphatic carbocycles. The second kappa shape index (κ2) is 5.14. The van der Waals surface area contributed by atoms with E-state index in [1.165, 1.54) is 6.92 Å². The first-order chi connectivity index (χ1) is 8.18. The molecule has 0 radical (unpaired) electrons. The maximum atomic E-state index is 11.6. The van der Waals surface area contributed by atoms with Crippen molar-refractivity contribution in [3.63, 3.8) is 0 Å². The Bertz CT molecular complexity index is 373. The summed E-state index contributed by atoms with van der Waals surface area (Å²) in [6.07, 6.45) is 0.860.